The quantitative estimate of drug-likeness (QED) is 0.726. The van der Waals surface area contributed by atoms with E-state index in [4.69, 9.17) is 9.47 Å². The first-order chi connectivity index (χ1) is 14.3. The van der Waals surface area contributed by atoms with Crippen molar-refractivity contribution in [3.63, 3.8) is 0 Å². The van der Waals surface area contributed by atoms with Crippen molar-refractivity contribution in [1.29, 1.82) is 0 Å². The number of hydrogen-bond donors (Lipinski definition) is 1. The molecule has 1 saturated heterocycles. The Labute approximate surface area is 178 Å². The third-order valence-corrected chi connectivity index (χ3v) is 6.34. The van der Waals surface area contributed by atoms with Gasteiger partial charge in [-0.2, -0.15) is 0 Å². The van der Waals surface area contributed by atoms with Gasteiger partial charge in [-0.25, -0.2) is 8.42 Å². The van der Waals surface area contributed by atoms with Gasteiger partial charge in [0.25, 0.3) is 15.9 Å². The zero-order chi connectivity index (χ0) is 21.7. The molecule has 1 aliphatic heterocycles. The second-order valence-electron chi connectivity index (χ2n) is 7.55. The summed E-state index contributed by atoms with van der Waals surface area (Å²) in [6, 6.07) is 13.4. The number of nitrogens with zero attached hydrogens (tertiary/aromatic N) is 1. The average Bonchev–Trinajstić information content (AvgIpc) is 2.74. The molecule has 162 valence electrons. The van der Waals surface area contributed by atoms with Crippen LogP contribution >= 0.6 is 0 Å². The summed E-state index contributed by atoms with van der Waals surface area (Å²) < 4.78 is 38.8. The van der Waals surface area contributed by atoms with E-state index in [0.717, 1.165) is 5.56 Å². The van der Waals surface area contributed by atoms with E-state index >= 15 is 0 Å². The molecule has 7 nitrogen and oxygen atoms in total. The van der Waals surface area contributed by atoms with Gasteiger partial charge in [-0.1, -0.05) is 26.0 Å². The van der Waals surface area contributed by atoms with Gasteiger partial charge in [0.15, 0.2) is 6.10 Å². The van der Waals surface area contributed by atoms with Gasteiger partial charge >= 0.3 is 0 Å². The van der Waals surface area contributed by atoms with E-state index in [0.29, 0.717) is 43.7 Å². The fourth-order valence-electron chi connectivity index (χ4n) is 3.14. The molecule has 0 bridgehead atoms. The second kappa shape index (κ2) is 9.49. The Balaban J connectivity index is 1.63. The molecule has 1 heterocycles. The van der Waals surface area contributed by atoms with Gasteiger partial charge in [-0.05, 0) is 54.8 Å². The number of nitrogens with one attached hydrogen (secondary N) is 1. The first kappa shape index (κ1) is 22.1. The summed E-state index contributed by atoms with van der Waals surface area (Å²) in [5.41, 5.74) is 1.64. The minimum Gasteiger partial charge on any atom is -0.481 e. The molecule has 0 unspecified atom stereocenters. The summed E-state index contributed by atoms with van der Waals surface area (Å²) >= 11 is 0. The Morgan fingerprint density at radius 2 is 1.60 bits per heavy atom. The number of anilines is 1. The van der Waals surface area contributed by atoms with Crippen LogP contribution in [0.25, 0.3) is 0 Å². The Kier molecular flexibility index (Phi) is 6.99. The number of sulfonamides is 1. The van der Waals surface area contributed by atoms with E-state index in [9.17, 15) is 13.2 Å². The van der Waals surface area contributed by atoms with Gasteiger partial charge in [0.2, 0.25) is 0 Å². The van der Waals surface area contributed by atoms with Crippen LogP contribution in [0.1, 0.15) is 32.3 Å². The van der Waals surface area contributed by atoms with Gasteiger partial charge in [0.1, 0.15) is 5.75 Å². The van der Waals surface area contributed by atoms with Crippen molar-refractivity contribution in [2.24, 2.45) is 0 Å². The lowest BCUT2D eigenvalue weighted by molar-refractivity contribution is -0.142. The highest BCUT2D eigenvalue weighted by molar-refractivity contribution is 7.92. The molecule has 1 fully saturated rings. The van der Waals surface area contributed by atoms with Crippen molar-refractivity contribution >= 4 is 21.6 Å². The molecule has 0 radical (unpaired) electrons. The molecule has 30 heavy (non-hydrogen) atoms. The Morgan fingerprint density at radius 1 is 1.00 bits per heavy atom. The summed E-state index contributed by atoms with van der Waals surface area (Å²) in [4.78, 5) is 14.3. The molecule has 0 saturated carbocycles. The zero-order valence-corrected chi connectivity index (χ0v) is 18.3. The smallest absolute Gasteiger partial charge is 0.263 e. The molecule has 1 N–H and O–H groups in total. The van der Waals surface area contributed by atoms with Crippen LogP contribution in [0.2, 0.25) is 0 Å². The van der Waals surface area contributed by atoms with Crippen molar-refractivity contribution in [1.82, 2.24) is 4.90 Å². The monoisotopic (exact) mass is 432 g/mol. The largest absolute Gasteiger partial charge is 0.481 e. The fraction of sp³-hybridized carbons (Fsp3) is 0.409. The normalized spacial score (nSPS) is 15.7. The number of benzene rings is 2. The van der Waals surface area contributed by atoms with Crippen LogP contribution in [0.15, 0.2) is 53.4 Å². The number of amides is 1. The highest BCUT2D eigenvalue weighted by atomic mass is 32.2. The number of hydrogen-bond acceptors (Lipinski definition) is 5. The maximum atomic E-state index is 12.6. The van der Waals surface area contributed by atoms with Gasteiger partial charge in [0.05, 0.1) is 18.1 Å². The number of rotatable bonds is 7. The molecule has 0 aliphatic carbocycles. The summed E-state index contributed by atoms with van der Waals surface area (Å²) in [6.45, 7) is 8.00. The SMILES string of the molecule is CC(C)c1ccc(NS(=O)(=O)c2ccc(O[C@@H](C)C(=O)N3CCOCC3)cc2)cc1. The zero-order valence-electron chi connectivity index (χ0n) is 17.5. The Morgan fingerprint density at radius 3 is 2.17 bits per heavy atom. The van der Waals surface area contributed by atoms with Crippen LogP contribution in [-0.4, -0.2) is 51.6 Å². The van der Waals surface area contributed by atoms with Crippen LogP contribution in [0.3, 0.4) is 0 Å². The van der Waals surface area contributed by atoms with E-state index in [2.05, 4.69) is 18.6 Å². The molecule has 3 rings (SSSR count). The molecule has 1 atom stereocenters. The summed E-state index contributed by atoms with van der Waals surface area (Å²) in [5.74, 6) is 0.701. The van der Waals surface area contributed by atoms with Gasteiger partial charge in [-0.3, -0.25) is 9.52 Å². The minimum absolute atomic E-state index is 0.110. The summed E-state index contributed by atoms with van der Waals surface area (Å²) in [7, 11) is -3.72. The van der Waals surface area contributed by atoms with E-state index in [1.165, 1.54) is 12.1 Å². The van der Waals surface area contributed by atoms with Crippen molar-refractivity contribution in [2.45, 2.75) is 37.7 Å². The first-order valence-electron chi connectivity index (χ1n) is 10.0. The van der Waals surface area contributed by atoms with E-state index < -0.39 is 16.1 Å². The molecule has 2 aromatic rings. The van der Waals surface area contributed by atoms with E-state index in [-0.39, 0.29) is 10.8 Å². The topological polar surface area (TPSA) is 84.9 Å². The van der Waals surface area contributed by atoms with Crippen molar-refractivity contribution in [3.05, 3.63) is 54.1 Å². The summed E-state index contributed by atoms with van der Waals surface area (Å²) in [6.07, 6.45) is -0.664. The number of carbonyl (C=O) groups is 1. The lowest BCUT2D eigenvalue weighted by Crippen LogP contribution is -2.46. The van der Waals surface area contributed by atoms with Crippen LogP contribution < -0.4 is 9.46 Å². The van der Waals surface area contributed by atoms with E-state index in [1.54, 1.807) is 36.1 Å². The molecule has 1 amide bonds. The molecule has 0 aromatic heterocycles. The van der Waals surface area contributed by atoms with Crippen LogP contribution in [0.4, 0.5) is 5.69 Å². The van der Waals surface area contributed by atoms with Gasteiger partial charge in [0, 0.05) is 18.8 Å². The first-order valence-corrected chi connectivity index (χ1v) is 11.5. The third-order valence-electron chi connectivity index (χ3n) is 4.95. The molecule has 8 heteroatoms. The second-order valence-corrected chi connectivity index (χ2v) is 9.23. The highest BCUT2D eigenvalue weighted by Crippen LogP contribution is 2.22. The van der Waals surface area contributed by atoms with Gasteiger partial charge < -0.3 is 14.4 Å². The lowest BCUT2D eigenvalue weighted by Gasteiger charge is -2.29. The van der Waals surface area contributed by atoms with Crippen LogP contribution in [0.5, 0.6) is 5.75 Å². The minimum atomic E-state index is -3.72. The predicted octanol–water partition coefficient (Wildman–Crippen LogP) is 3.24. The average molecular weight is 433 g/mol. The fourth-order valence-corrected chi connectivity index (χ4v) is 4.20. The number of carbonyl (C=O) groups excluding carboxylic acids is 1. The molecule has 1 aliphatic rings. The predicted molar refractivity (Wildman–Crippen MR) is 115 cm³/mol. The standard InChI is InChI=1S/C22H28N2O5S/c1-16(2)18-4-6-19(7-5-18)23-30(26,27)21-10-8-20(9-11-21)29-17(3)22(25)24-12-14-28-15-13-24/h4-11,16-17,23H,12-15H2,1-3H3/t17-/m0/s1. The molecular formula is C22H28N2O5S. The Bertz CT molecular complexity index is 950. The Hall–Kier alpha value is -2.58. The van der Waals surface area contributed by atoms with Crippen LogP contribution in [-0.2, 0) is 19.6 Å². The van der Waals surface area contributed by atoms with Crippen molar-refractivity contribution in [2.75, 3.05) is 31.0 Å². The molecular weight excluding hydrogens is 404 g/mol. The maximum absolute atomic E-state index is 12.6. The highest BCUT2D eigenvalue weighted by Gasteiger charge is 2.24. The summed E-state index contributed by atoms with van der Waals surface area (Å²) in [5, 5.41) is 0. The van der Waals surface area contributed by atoms with Gasteiger partial charge in [-0.15, -0.1) is 0 Å². The van der Waals surface area contributed by atoms with Crippen LogP contribution in [0, 0.1) is 0 Å². The van der Waals surface area contributed by atoms with Crippen molar-refractivity contribution in [3.8, 4) is 5.75 Å². The third kappa shape index (κ3) is 5.52. The molecule has 2 aromatic carbocycles. The maximum Gasteiger partial charge on any atom is 0.263 e. The number of morpholine rings is 1. The van der Waals surface area contributed by atoms with E-state index in [1.807, 2.05) is 12.1 Å². The number of ether oxygens (including phenoxy) is 2. The lowest BCUT2D eigenvalue weighted by atomic mass is 10.0. The molecule has 0 spiro atoms. The van der Waals surface area contributed by atoms with Crippen molar-refractivity contribution < 1.29 is 22.7 Å².